The third-order valence-electron chi connectivity index (χ3n) is 6.25. The van der Waals surface area contributed by atoms with Crippen molar-refractivity contribution in [1.29, 1.82) is 5.41 Å². The first-order chi connectivity index (χ1) is 20.3. The van der Waals surface area contributed by atoms with Crippen LogP contribution in [0, 0.1) is 5.41 Å². The van der Waals surface area contributed by atoms with E-state index in [1.54, 1.807) is 30.3 Å². The zero-order valence-electron chi connectivity index (χ0n) is 22.1. The van der Waals surface area contributed by atoms with Gasteiger partial charge in [0, 0.05) is 4.91 Å². The molecule has 0 bridgehead atoms. The minimum absolute atomic E-state index is 0.110. The van der Waals surface area contributed by atoms with Gasteiger partial charge in [-0.1, -0.05) is 119 Å². The topological polar surface area (TPSA) is 136 Å². The van der Waals surface area contributed by atoms with Crippen molar-refractivity contribution >= 4 is 46.7 Å². The number of rotatable bonds is 11. The lowest BCUT2D eigenvalue weighted by molar-refractivity contribution is -0.266. The average molecular weight is 634 g/mol. The van der Waals surface area contributed by atoms with Crippen molar-refractivity contribution in [2.24, 2.45) is 5.11 Å². The summed E-state index contributed by atoms with van der Waals surface area (Å²) < 4.78 is 27.6. The lowest BCUT2D eigenvalue weighted by Gasteiger charge is -2.44. The molecule has 0 aliphatic carbocycles. The number of azide groups is 1. The second-order valence-electron chi connectivity index (χ2n) is 9.17. The second kappa shape index (κ2) is 15.2. The summed E-state index contributed by atoms with van der Waals surface area (Å²) in [6.45, 7) is -0.0384. The Morgan fingerprint density at radius 1 is 0.881 bits per heavy atom. The third-order valence-corrected chi connectivity index (χ3v) is 6.76. The second-order valence-corrected chi connectivity index (χ2v) is 11.5. The number of hydrogen-bond acceptors (Lipinski definition) is 8. The van der Waals surface area contributed by atoms with E-state index >= 15 is 0 Å². The zero-order valence-corrected chi connectivity index (χ0v) is 24.4. The van der Waals surface area contributed by atoms with Crippen LogP contribution in [0.1, 0.15) is 21.5 Å². The molecular formula is C29H27Cl3N4O6. The molecule has 1 aliphatic rings. The predicted molar refractivity (Wildman–Crippen MR) is 157 cm³/mol. The number of benzene rings is 3. The van der Waals surface area contributed by atoms with Gasteiger partial charge in [-0.3, -0.25) is 5.41 Å². The van der Waals surface area contributed by atoms with E-state index < -0.39 is 46.3 Å². The molecule has 1 saturated heterocycles. The molecule has 13 heteroatoms. The van der Waals surface area contributed by atoms with Gasteiger partial charge in [0.25, 0.3) is 3.79 Å². The van der Waals surface area contributed by atoms with Gasteiger partial charge >= 0.3 is 5.97 Å². The Bertz CT molecular complexity index is 1360. The van der Waals surface area contributed by atoms with Crippen LogP contribution in [0.4, 0.5) is 0 Å². The smallest absolute Gasteiger partial charge is 0.338 e. The molecule has 0 aromatic heterocycles. The predicted octanol–water partition coefficient (Wildman–Crippen LogP) is 6.78. The van der Waals surface area contributed by atoms with Crippen LogP contribution in [0.2, 0.25) is 0 Å². The van der Waals surface area contributed by atoms with Crippen molar-refractivity contribution in [1.82, 2.24) is 0 Å². The van der Waals surface area contributed by atoms with E-state index in [0.717, 1.165) is 11.1 Å². The first-order valence-corrected chi connectivity index (χ1v) is 13.9. The summed E-state index contributed by atoms with van der Waals surface area (Å²) in [5, 5.41) is 12.0. The number of hydrogen-bond donors (Lipinski definition) is 1. The van der Waals surface area contributed by atoms with E-state index in [2.05, 4.69) is 10.0 Å². The maximum Gasteiger partial charge on any atom is 0.338 e. The van der Waals surface area contributed by atoms with Crippen LogP contribution in [-0.2, 0) is 36.9 Å². The Morgan fingerprint density at radius 2 is 1.40 bits per heavy atom. The summed E-state index contributed by atoms with van der Waals surface area (Å²) in [7, 11) is 0. The molecule has 1 aliphatic heterocycles. The van der Waals surface area contributed by atoms with Crippen molar-refractivity contribution in [3.8, 4) is 0 Å². The fourth-order valence-electron chi connectivity index (χ4n) is 4.23. The quantitative estimate of drug-likeness (QED) is 0.0470. The van der Waals surface area contributed by atoms with Gasteiger partial charge < -0.3 is 23.7 Å². The zero-order chi connectivity index (χ0) is 30.0. The molecule has 3 aromatic carbocycles. The number of esters is 1. The number of alkyl halides is 3. The molecule has 1 fully saturated rings. The van der Waals surface area contributed by atoms with E-state index in [4.69, 9.17) is 63.9 Å². The van der Waals surface area contributed by atoms with Crippen LogP contribution in [0.5, 0.6) is 0 Å². The highest BCUT2D eigenvalue weighted by atomic mass is 35.6. The van der Waals surface area contributed by atoms with Gasteiger partial charge in [0.1, 0.15) is 31.0 Å². The molecule has 1 heterocycles. The Balaban J connectivity index is 1.66. The SMILES string of the molecule is [N-]=[N+]=N[C@H]1[C@H](OC(=N)C(Cl)(Cl)Cl)O[C@H](COC(=O)c2ccccc2)[C@@H](OCc2ccccc2)[C@@H]1OCc1ccccc1. The Kier molecular flexibility index (Phi) is 11.5. The number of ether oxygens (including phenoxy) is 5. The largest absolute Gasteiger partial charge is 0.459 e. The first-order valence-electron chi connectivity index (χ1n) is 12.8. The van der Waals surface area contributed by atoms with Crippen molar-refractivity contribution in [2.75, 3.05) is 6.61 Å². The number of carbonyl (C=O) groups excluding carboxylic acids is 1. The van der Waals surface area contributed by atoms with Crippen LogP contribution in [0.3, 0.4) is 0 Å². The molecule has 0 saturated carbocycles. The van der Waals surface area contributed by atoms with E-state index in [9.17, 15) is 10.3 Å². The fraction of sp³-hybridized carbons (Fsp3) is 0.310. The monoisotopic (exact) mass is 632 g/mol. The summed E-state index contributed by atoms with van der Waals surface area (Å²) in [5.41, 5.74) is 11.5. The van der Waals surface area contributed by atoms with Crippen LogP contribution in [0.15, 0.2) is 96.1 Å². The lowest BCUT2D eigenvalue weighted by Crippen LogP contribution is -2.61. The van der Waals surface area contributed by atoms with Gasteiger partial charge in [-0.15, -0.1) is 0 Å². The van der Waals surface area contributed by atoms with Gasteiger partial charge in [-0.2, -0.15) is 0 Å². The van der Waals surface area contributed by atoms with E-state index in [1.807, 2.05) is 60.7 Å². The van der Waals surface area contributed by atoms with E-state index in [-0.39, 0.29) is 19.8 Å². The standard InChI is InChI=1S/C29H27Cl3N4O6/c30-29(31,32)28(33)42-27-23(35-36-34)25(39-17-20-12-6-2-7-13-20)24(38-16-19-10-4-1-5-11-19)22(41-27)18-40-26(37)21-14-8-3-9-15-21/h1-15,22-25,27,33H,16-18H2/t22-,23-,24-,25-,27+/m1/s1. The Morgan fingerprint density at radius 3 is 1.93 bits per heavy atom. The summed E-state index contributed by atoms with van der Waals surface area (Å²) in [6.07, 6.45) is -4.36. The molecule has 10 nitrogen and oxygen atoms in total. The molecule has 42 heavy (non-hydrogen) atoms. The minimum Gasteiger partial charge on any atom is -0.459 e. The van der Waals surface area contributed by atoms with Crippen LogP contribution in [0.25, 0.3) is 10.4 Å². The van der Waals surface area contributed by atoms with Crippen molar-refractivity contribution in [2.45, 2.75) is 47.7 Å². The highest BCUT2D eigenvalue weighted by Gasteiger charge is 2.50. The Labute approximate surface area is 257 Å². The summed E-state index contributed by atoms with van der Waals surface area (Å²) in [6, 6.07) is 26.0. The molecule has 0 amide bonds. The van der Waals surface area contributed by atoms with Gasteiger partial charge in [-0.25, -0.2) is 4.79 Å². The van der Waals surface area contributed by atoms with Gasteiger partial charge in [0.15, 0.2) is 0 Å². The molecule has 3 aromatic rings. The molecule has 5 atom stereocenters. The minimum atomic E-state index is -2.22. The van der Waals surface area contributed by atoms with Crippen LogP contribution < -0.4 is 0 Å². The molecule has 220 valence electrons. The van der Waals surface area contributed by atoms with Gasteiger partial charge in [0.2, 0.25) is 12.2 Å². The molecule has 0 unspecified atom stereocenters. The number of carbonyl (C=O) groups is 1. The van der Waals surface area contributed by atoms with Crippen molar-refractivity contribution in [3.63, 3.8) is 0 Å². The first kappa shape index (κ1) is 31.6. The van der Waals surface area contributed by atoms with Crippen LogP contribution in [-0.4, -0.2) is 52.9 Å². The molecule has 0 spiro atoms. The van der Waals surface area contributed by atoms with Gasteiger partial charge in [0.05, 0.1) is 18.8 Å². The average Bonchev–Trinajstić information content (AvgIpc) is 3.00. The van der Waals surface area contributed by atoms with Crippen molar-refractivity contribution < 1.29 is 28.5 Å². The molecule has 4 rings (SSSR count). The van der Waals surface area contributed by atoms with E-state index in [0.29, 0.717) is 5.56 Å². The van der Waals surface area contributed by atoms with E-state index in [1.165, 1.54) is 0 Å². The number of halogens is 3. The highest BCUT2D eigenvalue weighted by molar-refractivity contribution is 6.76. The maximum absolute atomic E-state index is 12.8. The summed E-state index contributed by atoms with van der Waals surface area (Å²) in [5.74, 6) is -1.35. The molecule has 0 radical (unpaired) electrons. The summed E-state index contributed by atoms with van der Waals surface area (Å²) in [4.78, 5) is 15.7. The maximum atomic E-state index is 12.8. The number of nitrogens with one attached hydrogen (secondary N) is 1. The van der Waals surface area contributed by atoms with Crippen molar-refractivity contribution in [3.05, 3.63) is 118 Å². The molecule has 1 N–H and O–H groups in total. The van der Waals surface area contributed by atoms with Crippen LogP contribution >= 0.6 is 34.8 Å². The lowest BCUT2D eigenvalue weighted by atomic mass is 9.96. The Hall–Kier alpha value is -3.34. The fourth-order valence-corrected chi connectivity index (χ4v) is 4.36. The van der Waals surface area contributed by atoms with Gasteiger partial charge in [-0.05, 0) is 28.8 Å². The molecular weight excluding hydrogens is 607 g/mol. The number of nitrogens with zero attached hydrogens (tertiary/aromatic N) is 3. The highest BCUT2D eigenvalue weighted by Crippen LogP contribution is 2.34. The summed E-state index contributed by atoms with van der Waals surface area (Å²) >= 11 is 17.6. The normalized spacial score (nSPS) is 22.0. The third kappa shape index (κ3) is 8.83.